The van der Waals surface area contributed by atoms with E-state index in [1.165, 1.54) is 5.56 Å². The molecule has 0 aliphatic carbocycles. The Labute approximate surface area is 127 Å². The number of benzene rings is 2. The highest BCUT2D eigenvalue weighted by Crippen LogP contribution is 2.25. The molecule has 0 spiro atoms. The lowest BCUT2D eigenvalue weighted by Crippen LogP contribution is -2.38. The number of rotatable bonds is 6. The van der Waals surface area contributed by atoms with Crippen molar-refractivity contribution < 1.29 is 4.79 Å². The molecule has 0 aliphatic rings. The van der Waals surface area contributed by atoms with Crippen molar-refractivity contribution in [3.05, 3.63) is 65.7 Å². The molecule has 1 atom stereocenters. The summed E-state index contributed by atoms with van der Waals surface area (Å²) in [4.78, 5) is 13.8. The standard InChI is InChI=1S/C19H23NO/c1-4-16-10-12-18(13-11-16)20(3)14-19(2,15-21)17-8-6-5-7-9-17/h5-13,15H,4,14H2,1-3H3. The fourth-order valence-electron chi connectivity index (χ4n) is 2.59. The first-order chi connectivity index (χ1) is 10.1. The Kier molecular flexibility index (Phi) is 4.79. The van der Waals surface area contributed by atoms with E-state index in [2.05, 4.69) is 36.1 Å². The van der Waals surface area contributed by atoms with Crippen molar-refractivity contribution in [2.75, 3.05) is 18.5 Å². The van der Waals surface area contributed by atoms with Crippen molar-refractivity contribution in [1.82, 2.24) is 0 Å². The highest BCUT2D eigenvalue weighted by Gasteiger charge is 2.27. The molecule has 0 aliphatic heterocycles. The molecule has 21 heavy (non-hydrogen) atoms. The Bertz CT molecular complexity index is 576. The van der Waals surface area contributed by atoms with Crippen molar-refractivity contribution in [1.29, 1.82) is 0 Å². The van der Waals surface area contributed by atoms with Crippen LogP contribution in [0.2, 0.25) is 0 Å². The SMILES string of the molecule is CCc1ccc(N(C)CC(C)(C=O)c2ccccc2)cc1. The zero-order chi connectivity index (χ0) is 15.3. The molecule has 1 unspecified atom stereocenters. The van der Waals surface area contributed by atoms with Gasteiger partial charge in [-0.1, -0.05) is 49.4 Å². The van der Waals surface area contributed by atoms with Crippen molar-refractivity contribution in [2.24, 2.45) is 0 Å². The maximum Gasteiger partial charge on any atom is 0.132 e. The van der Waals surface area contributed by atoms with E-state index in [1.807, 2.05) is 44.3 Å². The molecule has 2 nitrogen and oxygen atoms in total. The number of anilines is 1. The van der Waals surface area contributed by atoms with Gasteiger partial charge in [0.1, 0.15) is 6.29 Å². The van der Waals surface area contributed by atoms with Crippen LogP contribution in [0.3, 0.4) is 0 Å². The van der Waals surface area contributed by atoms with E-state index >= 15 is 0 Å². The fourth-order valence-corrected chi connectivity index (χ4v) is 2.59. The second-order valence-corrected chi connectivity index (χ2v) is 5.78. The predicted octanol–water partition coefficient (Wildman–Crippen LogP) is 3.84. The molecular weight excluding hydrogens is 258 g/mol. The van der Waals surface area contributed by atoms with Crippen molar-refractivity contribution >= 4 is 12.0 Å². The van der Waals surface area contributed by atoms with Crippen LogP contribution in [0.5, 0.6) is 0 Å². The average molecular weight is 281 g/mol. The lowest BCUT2D eigenvalue weighted by atomic mass is 9.83. The maximum absolute atomic E-state index is 11.7. The maximum atomic E-state index is 11.7. The Morgan fingerprint density at radius 3 is 2.19 bits per heavy atom. The van der Waals surface area contributed by atoms with Crippen LogP contribution in [0, 0.1) is 0 Å². The van der Waals surface area contributed by atoms with Gasteiger partial charge in [-0.15, -0.1) is 0 Å². The number of hydrogen-bond donors (Lipinski definition) is 0. The second-order valence-electron chi connectivity index (χ2n) is 5.78. The van der Waals surface area contributed by atoms with Gasteiger partial charge in [-0.25, -0.2) is 0 Å². The lowest BCUT2D eigenvalue weighted by Gasteiger charge is -2.31. The molecule has 0 radical (unpaired) electrons. The van der Waals surface area contributed by atoms with Crippen LogP contribution >= 0.6 is 0 Å². The van der Waals surface area contributed by atoms with Crippen LogP contribution in [0.15, 0.2) is 54.6 Å². The summed E-state index contributed by atoms with van der Waals surface area (Å²) >= 11 is 0. The third-order valence-electron chi connectivity index (χ3n) is 4.04. The van der Waals surface area contributed by atoms with Gasteiger partial charge in [-0.3, -0.25) is 0 Å². The molecule has 2 rings (SSSR count). The Morgan fingerprint density at radius 1 is 1.05 bits per heavy atom. The van der Waals surface area contributed by atoms with E-state index in [1.54, 1.807) is 0 Å². The van der Waals surface area contributed by atoms with Gasteiger partial charge in [0.15, 0.2) is 0 Å². The quantitative estimate of drug-likeness (QED) is 0.750. The minimum atomic E-state index is -0.501. The predicted molar refractivity (Wildman–Crippen MR) is 88.9 cm³/mol. The molecule has 0 amide bonds. The van der Waals surface area contributed by atoms with E-state index in [-0.39, 0.29) is 0 Å². The number of likely N-dealkylation sites (N-methyl/N-ethyl adjacent to an activating group) is 1. The number of carbonyl (C=O) groups is 1. The number of nitrogens with zero attached hydrogens (tertiary/aromatic N) is 1. The van der Waals surface area contributed by atoms with Crippen LogP contribution in [-0.4, -0.2) is 19.9 Å². The molecule has 110 valence electrons. The summed E-state index contributed by atoms with van der Waals surface area (Å²) in [5.74, 6) is 0. The Balaban J connectivity index is 2.19. The molecule has 0 fully saturated rings. The molecule has 2 aromatic rings. The molecule has 0 aromatic heterocycles. The van der Waals surface area contributed by atoms with Crippen LogP contribution in [0.25, 0.3) is 0 Å². The summed E-state index contributed by atoms with van der Waals surface area (Å²) in [6.45, 7) is 4.80. The number of carbonyl (C=O) groups excluding carboxylic acids is 1. The van der Waals surface area contributed by atoms with E-state index in [0.29, 0.717) is 6.54 Å². The summed E-state index contributed by atoms with van der Waals surface area (Å²) < 4.78 is 0. The third-order valence-corrected chi connectivity index (χ3v) is 4.04. The van der Waals surface area contributed by atoms with Crippen LogP contribution < -0.4 is 4.90 Å². The molecule has 2 aromatic carbocycles. The summed E-state index contributed by atoms with van der Waals surface area (Å²) in [7, 11) is 2.03. The van der Waals surface area contributed by atoms with E-state index < -0.39 is 5.41 Å². The molecule has 2 heteroatoms. The van der Waals surface area contributed by atoms with Gasteiger partial charge < -0.3 is 9.69 Å². The normalized spacial score (nSPS) is 13.5. The summed E-state index contributed by atoms with van der Waals surface area (Å²) in [5.41, 5.74) is 3.01. The van der Waals surface area contributed by atoms with Gasteiger partial charge >= 0.3 is 0 Å². The highest BCUT2D eigenvalue weighted by molar-refractivity contribution is 5.69. The first-order valence-corrected chi connectivity index (χ1v) is 7.41. The number of aldehydes is 1. The summed E-state index contributed by atoms with van der Waals surface area (Å²) in [6.07, 6.45) is 2.10. The van der Waals surface area contributed by atoms with Crippen LogP contribution in [0.4, 0.5) is 5.69 Å². The topological polar surface area (TPSA) is 20.3 Å². The second kappa shape index (κ2) is 6.57. The van der Waals surface area contributed by atoms with Crippen LogP contribution in [0.1, 0.15) is 25.0 Å². The minimum Gasteiger partial charge on any atom is -0.373 e. The minimum absolute atomic E-state index is 0.501. The summed E-state index contributed by atoms with van der Waals surface area (Å²) in [6, 6.07) is 18.5. The largest absolute Gasteiger partial charge is 0.373 e. The molecular formula is C19H23NO. The van der Waals surface area contributed by atoms with Gasteiger partial charge in [0.2, 0.25) is 0 Å². The van der Waals surface area contributed by atoms with Gasteiger partial charge in [0, 0.05) is 19.3 Å². The number of aryl methyl sites for hydroxylation is 1. The zero-order valence-corrected chi connectivity index (χ0v) is 13.0. The van der Waals surface area contributed by atoms with E-state index in [4.69, 9.17) is 0 Å². The van der Waals surface area contributed by atoms with Crippen molar-refractivity contribution in [2.45, 2.75) is 25.7 Å². The number of hydrogen-bond acceptors (Lipinski definition) is 2. The average Bonchev–Trinajstić information content (AvgIpc) is 2.55. The van der Waals surface area contributed by atoms with Crippen LogP contribution in [-0.2, 0) is 16.6 Å². The first-order valence-electron chi connectivity index (χ1n) is 7.41. The Hall–Kier alpha value is -2.09. The smallest absolute Gasteiger partial charge is 0.132 e. The fraction of sp³-hybridized carbons (Fsp3) is 0.316. The summed E-state index contributed by atoms with van der Waals surface area (Å²) in [5, 5.41) is 0. The van der Waals surface area contributed by atoms with Gasteiger partial charge in [0.25, 0.3) is 0 Å². The highest BCUT2D eigenvalue weighted by atomic mass is 16.1. The zero-order valence-electron chi connectivity index (χ0n) is 13.0. The first kappa shape index (κ1) is 15.3. The Morgan fingerprint density at radius 2 is 1.67 bits per heavy atom. The van der Waals surface area contributed by atoms with Crippen molar-refractivity contribution in [3.63, 3.8) is 0 Å². The third kappa shape index (κ3) is 3.52. The van der Waals surface area contributed by atoms with E-state index in [9.17, 15) is 4.79 Å². The molecule has 0 saturated heterocycles. The van der Waals surface area contributed by atoms with E-state index in [0.717, 1.165) is 24.0 Å². The van der Waals surface area contributed by atoms with Gasteiger partial charge in [0.05, 0.1) is 5.41 Å². The molecule has 0 saturated carbocycles. The molecule has 0 N–H and O–H groups in total. The van der Waals surface area contributed by atoms with Gasteiger partial charge in [-0.2, -0.15) is 0 Å². The molecule has 0 heterocycles. The van der Waals surface area contributed by atoms with Crippen molar-refractivity contribution in [3.8, 4) is 0 Å². The molecule has 0 bridgehead atoms. The van der Waals surface area contributed by atoms with Gasteiger partial charge in [-0.05, 0) is 36.6 Å². The lowest BCUT2D eigenvalue weighted by molar-refractivity contribution is -0.111. The monoisotopic (exact) mass is 281 g/mol.